The van der Waals surface area contributed by atoms with Crippen LogP contribution in [0.5, 0.6) is 0 Å². The molecule has 1 fully saturated rings. The first-order chi connectivity index (χ1) is 14.3. The minimum Gasteiger partial charge on any atom is -0.267 e. The third-order valence-electron chi connectivity index (χ3n) is 5.49. The van der Waals surface area contributed by atoms with Gasteiger partial charge in [0.1, 0.15) is 0 Å². The molecule has 7 nitrogen and oxygen atoms in total. The van der Waals surface area contributed by atoms with Crippen LogP contribution in [0.3, 0.4) is 0 Å². The zero-order chi connectivity index (χ0) is 19.6. The Hall–Kier alpha value is -3.61. The average molecular weight is 384 g/mol. The Morgan fingerprint density at radius 3 is 2.76 bits per heavy atom. The van der Waals surface area contributed by atoms with Crippen molar-refractivity contribution in [2.75, 3.05) is 0 Å². The molecule has 0 bridgehead atoms. The lowest BCUT2D eigenvalue weighted by molar-refractivity contribution is 0.0954. The van der Waals surface area contributed by atoms with Crippen molar-refractivity contribution in [3.8, 4) is 11.4 Å². The molecule has 1 saturated carbocycles. The summed E-state index contributed by atoms with van der Waals surface area (Å²) in [4.78, 5) is 13.9. The van der Waals surface area contributed by atoms with Crippen LogP contribution in [0.4, 0.5) is 0 Å². The third kappa shape index (κ3) is 3.59. The number of hydrogen-bond donors (Lipinski definition) is 1. The van der Waals surface area contributed by atoms with Gasteiger partial charge in [-0.1, -0.05) is 54.6 Å². The van der Waals surface area contributed by atoms with Gasteiger partial charge in [0, 0.05) is 22.8 Å². The first-order valence-corrected chi connectivity index (χ1v) is 9.72. The fourth-order valence-electron chi connectivity index (χ4n) is 3.79. The topological polar surface area (TPSA) is 85.1 Å². The predicted molar refractivity (Wildman–Crippen MR) is 109 cm³/mol. The van der Waals surface area contributed by atoms with Gasteiger partial charge >= 0.3 is 0 Å². The predicted octanol–water partition coefficient (Wildman–Crippen LogP) is 3.07. The smallest absolute Gasteiger partial charge is 0.267 e. The standard InChI is InChI=1S/C22H20N6O/c29-22(25-23-20-13-18-7-4-8-19(18)20)17-11-9-15(10-12-17)14-28-26-21(24-27-28)16-5-2-1-3-6-16/h1-7,9-12,18-19H,8,13-14H2,(H,25,29)/b23-20-/t18-,19-/m1/s1. The highest BCUT2D eigenvalue weighted by Crippen LogP contribution is 2.40. The number of hydrazone groups is 1. The maximum atomic E-state index is 12.3. The largest absolute Gasteiger partial charge is 0.271 e. The Balaban J connectivity index is 1.20. The maximum Gasteiger partial charge on any atom is 0.271 e. The average Bonchev–Trinajstić information content (AvgIpc) is 3.36. The molecule has 2 aromatic carbocycles. The highest BCUT2D eigenvalue weighted by atomic mass is 16.2. The molecule has 144 valence electrons. The Morgan fingerprint density at radius 2 is 1.97 bits per heavy atom. The SMILES string of the molecule is O=C(N/N=C1/C[C@H]2C=CC[C@@H]12)c1ccc(Cn2nnc(-c3ccccc3)n2)cc1. The quantitative estimate of drug-likeness (QED) is 0.541. The molecular weight excluding hydrogens is 364 g/mol. The van der Waals surface area contributed by atoms with E-state index < -0.39 is 0 Å². The summed E-state index contributed by atoms with van der Waals surface area (Å²) in [5.74, 6) is 1.52. The second-order valence-corrected chi connectivity index (χ2v) is 7.39. The lowest BCUT2D eigenvalue weighted by Crippen LogP contribution is -2.35. The van der Waals surface area contributed by atoms with E-state index in [1.807, 2.05) is 42.5 Å². The summed E-state index contributed by atoms with van der Waals surface area (Å²) in [6, 6.07) is 17.1. The Morgan fingerprint density at radius 1 is 1.14 bits per heavy atom. The molecule has 0 unspecified atom stereocenters. The van der Waals surface area contributed by atoms with E-state index in [4.69, 9.17) is 0 Å². The second kappa shape index (κ2) is 7.43. The van der Waals surface area contributed by atoms with E-state index in [0.717, 1.165) is 29.7 Å². The van der Waals surface area contributed by atoms with E-state index in [-0.39, 0.29) is 5.91 Å². The Labute approximate surface area is 168 Å². The second-order valence-electron chi connectivity index (χ2n) is 7.39. The van der Waals surface area contributed by atoms with E-state index >= 15 is 0 Å². The first kappa shape index (κ1) is 17.5. The number of rotatable bonds is 5. The number of aromatic nitrogens is 4. The molecule has 1 N–H and O–H groups in total. The molecule has 1 heterocycles. The molecular formula is C22H20N6O. The maximum absolute atomic E-state index is 12.3. The van der Waals surface area contributed by atoms with Crippen LogP contribution in [0.2, 0.25) is 0 Å². The van der Waals surface area contributed by atoms with Gasteiger partial charge in [0.25, 0.3) is 5.91 Å². The van der Waals surface area contributed by atoms with Crippen LogP contribution in [0.1, 0.15) is 28.8 Å². The van der Waals surface area contributed by atoms with Gasteiger partial charge in [-0.25, -0.2) is 5.43 Å². The molecule has 29 heavy (non-hydrogen) atoms. The first-order valence-electron chi connectivity index (χ1n) is 9.72. The minimum absolute atomic E-state index is 0.191. The molecule has 2 atom stereocenters. The number of benzene rings is 2. The van der Waals surface area contributed by atoms with E-state index in [1.54, 1.807) is 16.9 Å². The van der Waals surface area contributed by atoms with E-state index in [9.17, 15) is 4.79 Å². The molecule has 0 saturated heterocycles. The van der Waals surface area contributed by atoms with Gasteiger partial charge in [-0.2, -0.15) is 9.90 Å². The van der Waals surface area contributed by atoms with Crippen LogP contribution in [0, 0.1) is 11.8 Å². The molecule has 7 heteroatoms. The van der Waals surface area contributed by atoms with Crippen molar-refractivity contribution in [3.63, 3.8) is 0 Å². The fourth-order valence-corrected chi connectivity index (χ4v) is 3.79. The Kier molecular flexibility index (Phi) is 4.48. The van der Waals surface area contributed by atoms with Crippen molar-refractivity contribution in [2.24, 2.45) is 16.9 Å². The molecule has 0 spiro atoms. The molecule has 1 aromatic heterocycles. The fraction of sp³-hybridized carbons (Fsp3) is 0.227. The summed E-state index contributed by atoms with van der Waals surface area (Å²) in [6.07, 6.45) is 6.44. The molecule has 2 aliphatic carbocycles. The van der Waals surface area contributed by atoms with Gasteiger partial charge in [-0.05, 0) is 41.7 Å². The van der Waals surface area contributed by atoms with Gasteiger partial charge in [0.2, 0.25) is 5.82 Å². The van der Waals surface area contributed by atoms with Gasteiger partial charge in [-0.3, -0.25) is 4.79 Å². The monoisotopic (exact) mass is 384 g/mol. The lowest BCUT2D eigenvalue weighted by Gasteiger charge is -2.31. The summed E-state index contributed by atoms with van der Waals surface area (Å²) in [5, 5.41) is 16.9. The van der Waals surface area contributed by atoms with Crippen molar-refractivity contribution in [1.82, 2.24) is 25.6 Å². The van der Waals surface area contributed by atoms with E-state index in [1.165, 1.54) is 0 Å². The van der Waals surface area contributed by atoms with Crippen molar-refractivity contribution in [2.45, 2.75) is 19.4 Å². The van der Waals surface area contributed by atoms with Crippen LogP contribution >= 0.6 is 0 Å². The number of nitrogens with zero attached hydrogens (tertiary/aromatic N) is 5. The molecule has 5 rings (SSSR count). The Bertz CT molecular complexity index is 1080. The third-order valence-corrected chi connectivity index (χ3v) is 5.49. The number of carbonyl (C=O) groups is 1. The van der Waals surface area contributed by atoms with Gasteiger partial charge in [-0.15, -0.1) is 10.2 Å². The van der Waals surface area contributed by atoms with Gasteiger partial charge in [0.05, 0.1) is 6.54 Å². The van der Waals surface area contributed by atoms with Crippen LogP contribution in [-0.2, 0) is 6.54 Å². The van der Waals surface area contributed by atoms with Gasteiger partial charge < -0.3 is 0 Å². The molecule has 0 aliphatic heterocycles. The molecule has 3 aromatic rings. The summed E-state index contributed by atoms with van der Waals surface area (Å²) in [6.45, 7) is 0.486. The number of carbonyl (C=O) groups excluding carboxylic acids is 1. The zero-order valence-electron chi connectivity index (χ0n) is 15.8. The van der Waals surface area contributed by atoms with Crippen LogP contribution in [0.25, 0.3) is 11.4 Å². The van der Waals surface area contributed by atoms with Crippen LogP contribution in [-0.4, -0.2) is 31.8 Å². The number of nitrogens with one attached hydrogen (secondary N) is 1. The van der Waals surface area contributed by atoms with Crippen LogP contribution < -0.4 is 5.43 Å². The molecule has 1 amide bonds. The van der Waals surface area contributed by atoms with Crippen molar-refractivity contribution in [3.05, 3.63) is 77.9 Å². The zero-order valence-corrected chi connectivity index (χ0v) is 15.8. The van der Waals surface area contributed by atoms with E-state index in [0.29, 0.717) is 29.8 Å². The summed E-state index contributed by atoms with van der Waals surface area (Å²) >= 11 is 0. The summed E-state index contributed by atoms with van der Waals surface area (Å²) < 4.78 is 0. The highest BCUT2D eigenvalue weighted by molar-refractivity contribution is 5.98. The lowest BCUT2D eigenvalue weighted by atomic mass is 9.74. The number of amides is 1. The number of fused-ring (bicyclic) bond motifs is 1. The van der Waals surface area contributed by atoms with Crippen molar-refractivity contribution in [1.29, 1.82) is 0 Å². The minimum atomic E-state index is -0.191. The number of hydrogen-bond acceptors (Lipinski definition) is 5. The summed E-state index contributed by atoms with van der Waals surface area (Å²) in [5.41, 5.74) is 6.28. The van der Waals surface area contributed by atoms with Crippen LogP contribution in [0.15, 0.2) is 71.9 Å². The van der Waals surface area contributed by atoms with Crippen molar-refractivity contribution < 1.29 is 4.79 Å². The molecule has 0 radical (unpaired) electrons. The normalized spacial score (nSPS) is 21.0. The highest BCUT2D eigenvalue weighted by Gasteiger charge is 2.38. The van der Waals surface area contributed by atoms with Crippen molar-refractivity contribution >= 4 is 11.6 Å². The number of allylic oxidation sites excluding steroid dienone is 2. The molecule has 2 aliphatic rings. The van der Waals surface area contributed by atoms with E-state index in [2.05, 4.69) is 38.1 Å². The number of tetrazole rings is 1. The van der Waals surface area contributed by atoms with Gasteiger partial charge in [0.15, 0.2) is 0 Å². The summed E-state index contributed by atoms with van der Waals surface area (Å²) in [7, 11) is 0.